The molecule has 0 fully saturated rings. The molecule has 3 aromatic rings. The van der Waals surface area contributed by atoms with Crippen LogP contribution < -0.4 is 5.32 Å². The van der Waals surface area contributed by atoms with Crippen molar-refractivity contribution in [1.29, 1.82) is 0 Å². The van der Waals surface area contributed by atoms with Crippen molar-refractivity contribution in [3.05, 3.63) is 78.1 Å². The van der Waals surface area contributed by atoms with Gasteiger partial charge in [0.2, 0.25) is 0 Å². The molecular weight excluding hydrogens is 256 g/mol. The number of fused-ring (bicyclic) bond motifs is 1. The predicted octanol–water partition coefficient (Wildman–Crippen LogP) is 4.65. The summed E-state index contributed by atoms with van der Waals surface area (Å²) in [5, 5.41) is 6.24. The summed E-state index contributed by atoms with van der Waals surface area (Å²) >= 11 is 0. The number of hydrogen-bond acceptors (Lipinski definition) is 2. The van der Waals surface area contributed by atoms with Gasteiger partial charge < -0.3 is 5.32 Å². The summed E-state index contributed by atoms with van der Waals surface area (Å²) in [5.74, 6) is 0. The number of benzene rings is 2. The molecule has 2 heteroatoms. The standard InChI is InChI=1S/C19H20N2/c1-14(21-15(2)19-12-5-6-13-20-19)17-11-7-9-16-8-3-4-10-18(16)17/h3-15,21H,1-2H3/t14-,15+/m0/s1. The quantitative estimate of drug-likeness (QED) is 0.750. The molecule has 21 heavy (non-hydrogen) atoms. The molecule has 1 heterocycles. The zero-order valence-corrected chi connectivity index (χ0v) is 12.5. The second-order valence-corrected chi connectivity index (χ2v) is 5.43. The molecule has 0 saturated heterocycles. The van der Waals surface area contributed by atoms with E-state index in [4.69, 9.17) is 0 Å². The van der Waals surface area contributed by atoms with E-state index in [9.17, 15) is 0 Å². The predicted molar refractivity (Wildman–Crippen MR) is 88.2 cm³/mol. The van der Waals surface area contributed by atoms with Gasteiger partial charge in [0.05, 0.1) is 5.69 Å². The largest absolute Gasteiger partial charge is 0.302 e. The molecule has 2 nitrogen and oxygen atoms in total. The molecule has 0 unspecified atom stereocenters. The topological polar surface area (TPSA) is 24.9 Å². The summed E-state index contributed by atoms with van der Waals surface area (Å²) in [6.45, 7) is 4.37. The molecule has 1 N–H and O–H groups in total. The number of nitrogens with one attached hydrogen (secondary N) is 1. The zero-order chi connectivity index (χ0) is 14.7. The van der Waals surface area contributed by atoms with Crippen LogP contribution in [-0.2, 0) is 0 Å². The first-order valence-corrected chi connectivity index (χ1v) is 7.40. The van der Waals surface area contributed by atoms with Crippen LogP contribution >= 0.6 is 0 Å². The molecule has 106 valence electrons. The van der Waals surface area contributed by atoms with Crippen LogP contribution in [-0.4, -0.2) is 4.98 Å². The Bertz CT molecular complexity index is 716. The van der Waals surface area contributed by atoms with E-state index in [0.717, 1.165) is 5.69 Å². The van der Waals surface area contributed by atoms with Crippen LogP contribution in [0.3, 0.4) is 0 Å². The Morgan fingerprint density at radius 3 is 2.38 bits per heavy atom. The Morgan fingerprint density at radius 1 is 0.810 bits per heavy atom. The fraction of sp³-hybridized carbons (Fsp3) is 0.211. The molecule has 0 amide bonds. The minimum absolute atomic E-state index is 0.222. The lowest BCUT2D eigenvalue weighted by atomic mass is 9.99. The molecule has 1 aromatic heterocycles. The van der Waals surface area contributed by atoms with E-state index in [1.54, 1.807) is 0 Å². The highest BCUT2D eigenvalue weighted by molar-refractivity contribution is 5.86. The lowest BCUT2D eigenvalue weighted by molar-refractivity contribution is 0.488. The molecule has 0 saturated carbocycles. The molecule has 0 bridgehead atoms. The van der Waals surface area contributed by atoms with Gasteiger partial charge in [0, 0.05) is 18.3 Å². The van der Waals surface area contributed by atoms with Gasteiger partial charge in [-0.05, 0) is 42.3 Å². The van der Waals surface area contributed by atoms with Crippen molar-refractivity contribution < 1.29 is 0 Å². The molecular formula is C19H20N2. The summed E-state index contributed by atoms with van der Waals surface area (Å²) in [6, 6.07) is 21.6. The van der Waals surface area contributed by atoms with Crippen molar-refractivity contribution in [1.82, 2.24) is 10.3 Å². The third kappa shape index (κ3) is 2.96. The van der Waals surface area contributed by atoms with Gasteiger partial charge >= 0.3 is 0 Å². The van der Waals surface area contributed by atoms with Crippen molar-refractivity contribution in [3.8, 4) is 0 Å². The Labute approximate surface area is 125 Å². The van der Waals surface area contributed by atoms with Gasteiger partial charge in [-0.1, -0.05) is 48.5 Å². The fourth-order valence-corrected chi connectivity index (χ4v) is 2.81. The van der Waals surface area contributed by atoms with Gasteiger partial charge in [0.15, 0.2) is 0 Å². The molecule has 3 rings (SSSR count). The second kappa shape index (κ2) is 6.06. The van der Waals surface area contributed by atoms with Crippen LogP contribution in [0.25, 0.3) is 10.8 Å². The number of nitrogens with zero attached hydrogens (tertiary/aromatic N) is 1. The fourth-order valence-electron chi connectivity index (χ4n) is 2.81. The van der Waals surface area contributed by atoms with Gasteiger partial charge in [-0.15, -0.1) is 0 Å². The highest BCUT2D eigenvalue weighted by Gasteiger charge is 2.13. The average molecular weight is 276 g/mol. The molecule has 0 aliphatic carbocycles. The van der Waals surface area contributed by atoms with Crippen LogP contribution in [0.1, 0.15) is 37.2 Å². The highest BCUT2D eigenvalue weighted by atomic mass is 15.0. The summed E-state index contributed by atoms with van der Waals surface area (Å²) in [5.41, 5.74) is 2.40. The third-order valence-corrected chi connectivity index (χ3v) is 3.92. The monoisotopic (exact) mass is 276 g/mol. The van der Waals surface area contributed by atoms with Crippen LogP contribution in [0.15, 0.2) is 66.9 Å². The van der Waals surface area contributed by atoms with E-state index < -0.39 is 0 Å². The minimum Gasteiger partial charge on any atom is -0.302 e. The Morgan fingerprint density at radius 2 is 1.57 bits per heavy atom. The third-order valence-electron chi connectivity index (χ3n) is 3.92. The molecule has 0 aliphatic rings. The highest BCUT2D eigenvalue weighted by Crippen LogP contribution is 2.25. The maximum absolute atomic E-state index is 4.43. The smallest absolute Gasteiger partial charge is 0.0570 e. The first-order chi connectivity index (χ1) is 10.3. The number of rotatable bonds is 4. The van der Waals surface area contributed by atoms with Crippen molar-refractivity contribution in [2.24, 2.45) is 0 Å². The number of aromatic nitrogens is 1. The summed E-state index contributed by atoms with van der Waals surface area (Å²) in [6.07, 6.45) is 1.84. The zero-order valence-electron chi connectivity index (χ0n) is 12.5. The van der Waals surface area contributed by atoms with Gasteiger partial charge in [0.1, 0.15) is 0 Å². The molecule has 2 atom stereocenters. The van der Waals surface area contributed by atoms with Crippen LogP contribution in [0, 0.1) is 0 Å². The Balaban J connectivity index is 1.86. The van der Waals surface area contributed by atoms with Gasteiger partial charge in [-0.3, -0.25) is 4.98 Å². The number of pyridine rings is 1. The van der Waals surface area contributed by atoms with E-state index in [-0.39, 0.29) is 12.1 Å². The SMILES string of the molecule is C[C@H](N[C@H](C)c1ccccn1)c1cccc2ccccc12. The normalized spacial score (nSPS) is 14.0. The van der Waals surface area contributed by atoms with E-state index in [0.29, 0.717) is 0 Å². The molecule has 0 radical (unpaired) electrons. The first-order valence-electron chi connectivity index (χ1n) is 7.40. The van der Waals surface area contributed by atoms with E-state index >= 15 is 0 Å². The lowest BCUT2D eigenvalue weighted by Gasteiger charge is -2.21. The Hall–Kier alpha value is -2.19. The first kappa shape index (κ1) is 13.8. The average Bonchev–Trinajstić information content (AvgIpc) is 2.55. The van der Waals surface area contributed by atoms with Crippen molar-refractivity contribution >= 4 is 10.8 Å². The van der Waals surface area contributed by atoms with Crippen molar-refractivity contribution in [2.45, 2.75) is 25.9 Å². The number of hydrogen-bond donors (Lipinski definition) is 1. The summed E-state index contributed by atoms with van der Waals surface area (Å²) in [4.78, 5) is 4.43. The van der Waals surface area contributed by atoms with E-state index in [1.807, 2.05) is 18.3 Å². The maximum atomic E-state index is 4.43. The lowest BCUT2D eigenvalue weighted by Crippen LogP contribution is -2.23. The Kier molecular flexibility index (Phi) is 3.98. The summed E-state index contributed by atoms with van der Waals surface area (Å²) in [7, 11) is 0. The van der Waals surface area contributed by atoms with E-state index in [1.165, 1.54) is 16.3 Å². The molecule has 0 aliphatic heterocycles. The molecule has 0 spiro atoms. The maximum Gasteiger partial charge on any atom is 0.0570 e. The van der Waals surface area contributed by atoms with Gasteiger partial charge in [-0.25, -0.2) is 0 Å². The molecule has 2 aromatic carbocycles. The van der Waals surface area contributed by atoms with E-state index in [2.05, 4.69) is 72.7 Å². The van der Waals surface area contributed by atoms with Crippen molar-refractivity contribution in [2.75, 3.05) is 0 Å². The van der Waals surface area contributed by atoms with Crippen LogP contribution in [0.2, 0.25) is 0 Å². The van der Waals surface area contributed by atoms with Crippen molar-refractivity contribution in [3.63, 3.8) is 0 Å². The minimum atomic E-state index is 0.222. The summed E-state index contributed by atoms with van der Waals surface area (Å²) < 4.78 is 0. The second-order valence-electron chi connectivity index (χ2n) is 5.43. The van der Waals surface area contributed by atoms with Gasteiger partial charge in [0.25, 0.3) is 0 Å². The van der Waals surface area contributed by atoms with Crippen LogP contribution in [0.5, 0.6) is 0 Å². The van der Waals surface area contributed by atoms with Gasteiger partial charge in [-0.2, -0.15) is 0 Å². The van der Waals surface area contributed by atoms with Crippen LogP contribution in [0.4, 0.5) is 0 Å².